The van der Waals surface area contributed by atoms with Gasteiger partial charge in [-0.3, -0.25) is 5.10 Å². The maximum Gasteiger partial charge on any atom is 0.167 e. The zero-order chi connectivity index (χ0) is 21.3. The number of nitrogens with one attached hydrogen (secondary N) is 1. The average Bonchev–Trinajstić information content (AvgIpc) is 3.16. The summed E-state index contributed by atoms with van der Waals surface area (Å²) in [6.45, 7) is 13.6. The van der Waals surface area contributed by atoms with Crippen LogP contribution in [0.3, 0.4) is 0 Å². The van der Waals surface area contributed by atoms with Crippen molar-refractivity contribution in [2.45, 2.75) is 33.3 Å². The van der Waals surface area contributed by atoms with Crippen molar-refractivity contribution in [1.82, 2.24) is 25.1 Å². The van der Waals surface area contributed by atoms with Crippen LogP contribution in [-0.2, 0) is 0 Å². The van der Waals surface area contributed by atoms with Crippen molar-refractivity contribution in [3.63, 3.8) is 0 Å². The number of piperazine rings is 1. The lowest BCUT2D eigenvalue weighted by molar-refractivity contribution is 0.231. The fourth-order valence-electron chi connectivity index (χ4n) is 3.68. The highest BCUT2D eigenvalue weighted by Crippen LogP contribution is 2.32. The Hall–Kier alpha value is -3.16. The fourth-order valence-corrected chi connectivity index (χ4v) is 3.68. The average molecular weight is 410 g/mol. The second-order valence-corrected chi connectivity index (χ2v) is 7.72. The second kappa shape index (κ2) is 8.30. The van der Waals surface area contributed by atoms with E-state index in [0.29, 0.717) is 16.9 Å². The summed E-state index contributed by atoms with van der Waals surface area (Å²) in [6.07, 6.45) is 2.39. The first-order valence-electron chi connectivity index (χ1n) is 10.3. The van der Waals surface area contributed by atoms with Crippen LogP contribution in [0.1, 0.15) is 27.2 Å². The predicted molar refractivity (Wildman–Crippen MR) is 116 cm³/mol. The summed E-state index contributed by atoms with van der Waals surface area (Å²) in [5.41, 5.74) is 3.12. The molecule has 0 amide bonds. The van der Waals surface area contributed by atoms with Gasteiger partial charge in [-0.25, -0.2) is 14.4 Å². The second-order valence-electron chi connectivity index (χ2n) is 7.72. The first-order chi connectivity index (χ1) is 14.5. The maximum absolute atomic E-state index is 14.3. The van der Waals surface area contributed by atoms with Crippen molar-refractivity contribution in [1.29, 1.82) is 0 Å². The van der Waals surface area contributed by atoms with Gasteiger partial charge in [-0.15, -0.1) is 0 Å². The minimum Gasteiger partial charge on any atom is -0.488 e. The molecule has 30 heavy (non-hydrogen) atoms. The standard InChI is InChI=1S/C22H27FN6O/c1-5-15(4)28-6-8-29(9-7-28)21-12-19(24-13-25-21)22-16-10-20(30-14(2)3)17(23)11-18(16)26-27-22/h10-14H,4-9H2,1-3H3,(H,26,27). The third-order valence-electron chi connectivity index (χ3n) is 5.33. The monoisotopic (exact) mass is 410 g/mol. The number of fused-ring (bicyclic) bond motifs is 1. The van der Waals surface area contributed by atoms with Gasteiger partial charge in [0.05, 0.1) is 17.3 Å². The number of ether oxygens (including phenoxy) is 1. The molecule has 1 N–H and O–H groups in total. The molecule has 3 heterocycles. The highest BCUT2D eigenvalue weighted by Gasteiger charge is 2.20. The Morgan fingerprint density at radius 1 is 1.20 bits per heavy atom. The van der Waals surface area contributed by atoms with Crippen LogP contribution >= 0.6 is 0 Å². The van der Waals surface area contributed by atoms with E-state index in [2.05, 4.69) is 43.5 Å². The van der Waals surface area contributed by atoms with Gasteiger partial charge in [-0.1, -0.05) is 13.5 Å². The van der Waals surface area contributed by atoms with E-state index in [1.165, 1.54) is 11.8 Å². The molecule has 0 bridgehead atoms. The molecule has 2 aromatic heterocycles. The van der Waals surface area contributed by atoms with E-state index in [9.17, 15) is 4.39 Å². The number of nitrogens with zero attached hydrogens (tertiary/aromatic N) is 5. The lowest BCUT2D eigenvalue weighted by Gasteiger charge is -2.37. The number of anilines is 1. The molecule has 0 saturated carbocycles. The third kappa shape index (κ3) is 3.94. The molecule has 3 aromatic rings. The largest absolute Gasteiger partial charge is 0.488 e. The van der Waals surface area contributed by atoms with E-state index >= 15 is 0 Å². The zero-order valence-electron chi connectivity index (χ0n) is 17.7. The van der Waals surface area contributed by atoms with Gasteiger partial charge in [-0.05, 0) is 26.3 Å². The minimum atomic E-state index is -0.415. The predicted octanol–water partition coefficient (Wildman–Crippen LogP) is 3.99. The van der Waals surface area contributed by atoms with Crippen LogP contribution in [0.2, 0.25) is 0 Å². The highest BCUT2D eigenvalue weighted by molar-refractivity contribution is 5.93. The Labute approximate surface area is 175 Å². The molecular formula is C22H27FN6O. The molecule has 0 unspecified atom stereocenters. The van der Waals surface area contributed by atoms with Gasteiger partial charge in [0.2, 0.25) is 0 Å². The molecule has 1 saturated heterocycles. The molecule has 1 aromatic carbocycles. The first kappa shape index (κ1) is 20.1. The Morgan fingerprint density at radius 3 is 2.67 bits per heavy atom. The fraction of sp³-hybridized carbons (Fsp3) is 0.409. The van der Waals surface area contributed by atoms with Crippen LogP contribution in [0.5, 0.6) is 5.75 Å². The summed E-state index contributed by atoms with van der Waals surface area (Å²) in [7, 11) is 0. The van der Waals surface area contributed by atoms with Crippen molar-refractivity contribution in [2.75, 3.05) is 31.1 Å². The van der Waals surface area contributed by atoms with Crippen LogP contribution in [0.4, 0.5) is 10.2 Å². The molecule has 7 nitrogen and oxygen atoms in total. The molecule has 0 atom stereocenters. The normalized spacial score (nSPS) is 14.6. The SMILES string of the molecule is C=C(CC)N1CCN(c2cc(-c3n[nH]c4cc(F)c(OC(C)C)cc34)ncn2)CC1. The molecule has 0 aliphatic carbocycles. The van der Waals surface area contributed by atoms with Gasteiger partial charge in [-0.2, -0.15) is 5.10 Å². The number of hydrogen-bond acceptors (Lipinski definition) is 6. The third-order valence-corrected chi connectivity index (χ3v) is 5.33. The van der Waals surface area contributed by atoms with Gasteiger partial charge in [0.25, 0.3) is 0 Å². The van der Waals surface area contributed by atoms with E-state index in [1.54, 1.807) is 12.4 Å². The molecular weight excluding hydrogens is 383 g/mol. The van der Waals surface area contributed by atoms with Gasteiger partial charge < -0.3 is 14.5 Å². The van der Waals surface area contributed by atoms with Gasteiger partial charge in [0.1, 0.15) is 17.8 Å². The Bertz CT molecular complexity index is 1050. The lowest BCUT2D eigenvalue weighted by Crippen LogP contribution is -2.46. The zero-order valence-corrected chi connectivity index (χ0v) is 17.7. The van der Waals surface area contributed by atoms with Gasteiger partial charge >= 0.3 is 0 Å². The van der Waals surface area contributed by atoms with Crippen molar-refractivity contribution in [3.8, 4) is 17.1 Å². The van der Waals surface area contributed by atoms with Crippen molar-refractivity contribution < 1.29 is 9.13 Å². The van der Waals surface area contributed by atoms with Crippen molar-refractivity contribution in [3.05, 3.63) is 42.6 Å². The summed E-state index contributed by atoms with van der Waals surface area (Å²) in [6, 6.07) is 5.03. The smallest absolute Gasteiger partial charge is 0.167 e. The topological polar surface area (TPSA) is 70.2 Å². The number of hydrogen-bond donors (Lipinski definition) is 1. The first-order valence-corrected chi connectivity index (χ1v) is 10.3. The number of rotatable bonds is 6. The maximum atomic E-state index is 14.3. The molecule has 1 aliphatic heterocycles. The number of aromatic amines is 1. The number of allylic oxidation sites excluding steroid dienone is 1. The minimum absolute atomic E-state index is 0.125. The number of halogens is 1. The lowest BCUT2D eigenvalue weighted by atomic mass is 10.1. The van der Waals surface area contributed by atoms with Crippen molar-refractivity contribution >= 4 is 16.7 Å². The number of aromatic nitrogens is 4. The summed E-state index contributed by atoms with van der Waals surface area (Å²) in [4.78, 5) is 13.4. The number of H-pyrrole nitrogens is 1. The Morgan fingerprint density at radius 2 is 1.97 bits per heavy atom. The van der Waals surface area contributed by atoms with Gasteiger partial charge in [0, 0.05) is 49.4 Å². The van der Waals surface area contributed by atoms with E-state index in [1.807, 2.05) is 19.9 Å². The van der Waals surface area contributed by atoms with Crippen LogP contribution in [0.25, 0.3) is 22.3 Å². The molecule has 8 heteroatoms. The summed E-state index contributed by atoms with van der Waals surface area (Å²) in [5, 5.41) is 8.04. The van der Waals surface area contributed by atoms with E-state index in [4.69, 9.17) is 4.74 Å². The summed E-state index contributed by atoms with van der Waals surface area (Å²) >= 11 is 0. The quantitative estimate of drug-likeness (QED) is 0.663. The van der Waals surface area contributed by atoms with Crippen LogP contribution in [0, 0.1) is 5.82 Å². The Balaban J connectivity index is 1.61. The van der Waals surface area contributed by atoms with E-state index < -0.39 is 5.82 Å². The molecule has 0 spiro atoms. The summed E-state index contributed by atoms with van der Waals surface area (Å²) in [5.74, 6) is 0.654. The molecule has 0 radical (unpaired) electrons. The molecule has 1 fully saturated rings. The molecule has 158 valence electrons. The number of benzene rings is 1. The van der Waals surface area contributed by atoms with Crippen LogP contribution in [-0.4, -0.2) is 57.3 Å². The van der Waals surface area contributed by atoms with E-state index in [0.717, 1.165) is 43.8 Å². The molecule has 1 aliphatic rings. The Kier molecular flexibility index (Phi) is 5.57. The highest BCUT2D eigenvalue weighted by atomic mass is 19.1. The summed E-state index contributed by atoms with van der Waals surface area (Å²) < 4.78 is 19.9. The van der Waals surface area contributed by atoms with Crippen LogP contribution in [0.15, 0.2) is 36.8 Å². The van der Waals surface area contributed by atoms with Gasteiger partial charge in [0.15, 0.2) is 11.6 Å². The van der Waals surface area contributed by atoms with Crippen LogP contribution < -0.4 is 9.64 Å². The van der Waals surface area contributed by atoms with E-state index in [-0.39, 0.29) is 11.9 Å². The molecule has 4 rings (SSSR count). The van der Waals surface area contributed by atoms with Crippen molar-refractivity contribution in [2.24, 2.45) is 0 Å².